The fraction of sp³-hybridized carbons (Fsp3) is 0.500. The molecule has 0 saturated heterocycles. The van der Waals surface area contributed by atoms with Crippen LogP contribution in [0.1, 0.15) is 23.4 Å². The van der Waals surface area contributed by atoms with Crippen molar-refractivity contribution in [3.8, 4) is 0 Å². The minimum absolute atomic E-state index is 0.0439. The van der Waals surface area contributed by atoms with E-state index >= 15 is 0 Å². The second-order valence-corrected chi connectivity index (χ2v) is 5.27. The van der Waals surface area contributed by atoms with Gasteiger partial charge in [-0.2, -0.15) is 5.10 Å². The number of nitrogens with one attached hydrogen (secondary N) is 1. The molecule has 0 aliphatic heterocycles. The van der Waals surface area contributed by atoms with E-state index in [0.717, 1.165) is 29.1 Å². The first kappa shape index (κ1) is 14.5. The zero-order valence-electron chi connectivity index (χ0n) is 12.5. The summed E-state index contributed by atoms with van der Waals surface area (Å²) in [6.07, 6.45) is 2.26. The molecule has 0 unspecified atom stereocenters. The Labute approximate surface area is 118 Å². The molecular weight excluding hydrogens is 254 g/mol. The standard InChI is InChI=1S/C14H21N5O/c1-10-7-11(2)19-14(17-10)12(9-16-19)8-15-13(20)5-6-18(3)4/h7,9H,5-6,8H2,1-4H3,(H,15,20). The average Bonchev–Trinajstić information content (AvgIpc) is 2.77. The summed E-state index contributed by atoms with van der Waals surface area (Å²) in [5.41, 5.74) is 3.75. The lowest BCUT2D eigenvalue weighted by Crippen LogP contribution is -2.26. The van der Waals surface area contributed by atoms with Crippen LogP contribution in [0.15, 0.2) is 12.3 Å². The van der Waals surface area contributed by atoms with Crippen LogP contribution in [0.2, 0.25) is 0 Å². The zero-order valence-corrected chi connectivity index (χ0v) is 12.5. The molecule has 0 fully saturated rings. The number of amides is 1. The van der Waals surface area contributed by atoms with Crippen LogP contribution in [-0.4, -0.2) is 46.0 Å². The predicted molar refractivity (Wildman–Crippen MR) is 77.5 cm³/mol. The summed E-state index contributed by atoms with van der Waals surface area (Å²) in [6.45, 7) is 5.16. The molecule has 0 aliphatic carbocycles. The maximum absolute atomic E-state index is 11.7. The van der Waals surface area contributed by atoms with E-state index in [2.05, 4.69) is 15.4 Å². The van der Waals surface area contributed by atoms with Crippen molar-refractivity contribution in [2.75, 3.05) is 20.6 Å². The smallest absolute Gasteiger partial charge is 0.221 e. The highest BCUT2D eigenvalue weighted by molar-refractivity contribution is 5.76. The van der Waals surface area contributed by atoms with Gasteiger partial charge in [-0.1, -0.05) is 0 Å². The monoisotopic (exact) mass is 275 g/mol. The first-order chi connectivity index (χ1) is 9.47. The van der Waals surface area contributed by atoms with Crippen LogP contribution in [-0.2, 0) is 11.3 Å². The summed E-state index contributed by atoms with van der Waals surface area (Å²) in [5.74, 6) is 0.0439. The van der Waals surface area contributed by atoms with Crippen LogP contribution in [0.3, 0.4) is 0 Å². The fourth-order valence-electron chi connectivity index (χ4n) is 2.05. The minimum Gasteiger partial charge on any atom is -0.352 e. The molecule has 1 amide bonds. The van der Waals surface area contributed by atoms with Crippen molar-refractivity contribution in [3.63, 3.8) is 0 Å². The van der Waals surface area contributed by atoms with Gasteiger partial charge in [0.25, 0.3) is 0 Å². The van der Waals surface area contributed by atoms with Gasteiger partial charge in [-0.15, -0.1) is 0 Å². The Balaban J connectivity index is 2.05. The van der Waals surface area contributed by atoms with E-state index in [1.54, 1.807) is 10.7 Å². The van der Waals surface area contributed by atoms with Crippen molar-refractivity contribution in [1.29, 1.82) is 0 Å². The van der Waals surface area contributed by atoms with E-state index in [9.17, 15) is 4.79 Å². The molecule has 6 heteroatoms. The summed E-state index contributed by atoms with van der Waals surface area (Å²) in [5, 5.41) is 7.22. The summed E-state index contributed by atoms with van der Waals surface area (Å²) in [6, 6.07) is 1.99. The number of aromatic nitrogens is 3. The topological polar surface area (TPSA) is 62.5 Å². The largest absolute Gasteiger partial charge is 0.352 e. The van der Waals surface area contributed by atoms with E-state index in [-0.39, 0.29) is 5.91 Å². The third-order valence-corrected chi connectivity index (χ3v) is 3.11. The van der Waals surface area contributed by atoms with Crippen LogP contribution in [0.25, 0.3) is 5.65 Å². The molecule has 2 aromatic rings. The van der Waals surface area contributed by atoms with Gasteiger partial charge in [0, 0.05) is 36.5 Å². The van der Waals surface area contributed by atoms with Crippen molar-refractivity contribution < 1.29 is 4.79 Å². The number of aryl methyl sites for hydroxylation is 2. The van der Waals surface area contributed by atoms with Gasteiger partial charge in [0.05, 0.1) is 6.20 Å². The molecule has 6 nitrogen and oxygen atoms in total. The van der Waals surface area contributed by atoms with Gasteiger partial charge in [0.2, 0.25) is 5.91 Å². The van der Waals surface area contributed by atoms with E-state index in [4.69, 9.17) is 0 Å². The van der Waals surface area contributed by atoms with E-state index in [0.29, 0.717) is 13.0 Å². The molecule has 1 N–H and O–H groups in total. The van der Waals surface area contributed by atoms with Crippen molar-refractivity contribution in [2.45, 2.75) is 26.8 Å². The molecule has 0 atom stereocenters. The molecule has 2 rings (SSSR count). The van der Waals surface area contributed by atoms with Crippen molar-refractivity contribution in [3.05, 3.63) is 29.2 Å². The lowest BCUT2D eigenvalue weighted by molar-refractivity contribution is -0.121. The first-order valence-corrected chi connectivity index (χ1v) is 6.69. The van der Waals surface area contributed by atoms with E-state index in [1.165, 1.54) is 0 Å². The van der Waals surface area contributed by atoms with Gasteiger partial charge >= 0.3 is 0 Å². The SMILES string of the molecule is Cc1cc(C)n2ncc(CNC(=O)CCN(C)C)c2n1. The Morgan fingerprint density at radius 3 is 2.85 bits per heavy atom. The fourth-order valence-corrected chi connectivity index (χ4v) is 2.05. The number of carbonyl (C=O) groups is 1. The lowest BCUT2D eigenvalue weighted by Gasteiger charge is -2.09. The van der Waals surface area contributed by atoms with Gasteiger partial charge in [-0.05, 0) is 34.0 Å². The van der Waals surface area contributed by atoms with Gasteiger partial charge in [-0.25, -0.2) is 9.50 Å². The molecule has 0 radical (unpaired) electrons. The number of rotatable bonds is 5. The molecule has 0 aromatic carbocycles. The van der Waals surface area contributed by atoms with E-state index in [1.807, 2.05) is 38.9 Å². The quantitative estimate of drug-likeness (QED) is 0.881. The summed E-state index contributed by atoms with van der Waals surface area (Å²) in [7, 11) is 3.90. The molecule has 0 spiro atoms. The molecule has 0 bridgehead atoms. The number of hydrogen-bond donors (Lipinski definition) is 1. The Morgan fingerprint density at radius 2 is 2.15 bits per heavy atom. The molecule has 0 saturated carbocycles. The predicted octanol–water partition coefficient (Wildman–Crippen LogP) is 0.914. The molecule has 0 aliphatic rings. The van der Waals surface area contributed by atoms with Gasteiger partial charge in [0.1, 0.15) is 0 Å². The van der Waals surface area contributed by atoms with Gasteiger partial charge in [0.15, 0.2) is 5.65 Å². The van der Waals surface area contributed by atoms with Crippen LogP contribution in [0.4, 0.5) is 0 Å². The summed E-state index contributed by atoms with van der Waals surface area (Å²) < 4.78 is 1.80. The van der Waals surface area contributed by atoms with Crippen LogP contribution in [0.5, 0.6) is 0 Å². The lowest BCUT2D eigenvalue weighted by atomic mass is 10.3. The normalized spacial score (nSPS) is 11.2. The van der Waals surface area contributed by atoms with Crippen molar-refractivity contribution in [2.24, 2.45) is 0 Å². The Hall–Kier alpha value is -1.95. The third kappa shape index (κ3) is 3.33. The third-order valence-electron chi connectivity index (χ3n) is 3.11. The summed E-state index contributed by atoms with van der Waals surface area (Å²) >= 11 is 0. The number of fused-ring (bicyclic) bond motifs is 1. The highest BCUT2D eigenvalue weighted by atomic mass is 16.1. The molecule has 2 aromatic heterocycles. The molecule has 20 heavy (non-hydrogen) atoms. The van der Waals surface area contributed by atoms with Crippen LogP contribution >= 0.6 is 0 Å². The molecular formula is C14H21N5O. The maximum atomic E-state index is 11.7. The highest BCUT2D eigenvalue weighted by Gasteiger charge is 2.09. The van der Waals surface area contributed by atoms with Crippen LogP contribution in [0, 0.1) is 13.8 Å². The van der Waals surface area contributed by atoms with Gasteiger partial charge in [-0.3, -0.25) is 4.79 Å². The van der Waals surface area contributed by atoms with Crippen molar-refractivity contribution in [1.82, 2.24) is 24.8 Å². The minimum atomic E-state index is 0.0439. The van der Waals surface area contributed by atoms with E-state index < -0.39 is 0 Å². The highest BCUT2D eigenvalue weighted by Crippen LogP contribution is 2.11. The number of carbonyl (C=O) groups excluding carboxylic acids is 1. The Morgan fingerprint density at radius 1 is 1.40 bits per heavy atom. The number of hydrogen-bond acceptors (Lipinski definition) is 4. The first-order valence-electron chi connectivity index (χ1n) is 6.69. The number of nitrogens with zero attached hydrogens (tertiary/aromatic N) is 4. The Bertz CT molecular complexity index is 617. The Kier molecular flexibility index (Phi) is 4.34. The molecule has 108 valence electrons. The second-order valence-electron chi connectivity index (χ2n) is 5.27. The maximum Gasteiger partial charge on any atom is 0.221 e. The van der Waals surface area contributed by atoms with Crippen molar-refractivity contribution >= 4 is 11.6 Å². The van der Waals surface area contributed by atoms with Gasteiger partial charge < -0.3 is 10.2 Å². The average molecular weight is 275 g/mol. The zero-order chi connectivity index (χ0) is 14.7. The van der Waals surface area contributed by atoms with Crippen LogP contribution < -0.4 is 5.32 Å². The summed E-state index contributed by atoms with van der Waals surface area (Å²) in [4.78, 5) is 18.2. The second kappa shape index (κ2) is 6.00. The molecule has 2 heterocycles.